The van der Waals surface area contributed by atoms with Gasteiger partial charge in [-0.15, -0.1) is 0 Å². The zero-order valence-corrected chi connectivity index (χ0v) is 19.3. The molecular weight excluding hydrogens is 450 g/mol. The molecule has 2 saturated heterocycles. The van der Waals surface area contributed by atoms with E-state index in [2.05, 4.69) is 5.32 Å². The quantitative estimate of drug-likeness (QED) is 0.689. The highest BCUT2D eigenvalue weighted by molar-refractivity contribution is 7.89. The summed E-state index contributed by atoms with van der Waals surface area (Å²) >= 11 is 0. The van der Waals surface area contributed by atoms with Crippen molar-refractivity contribution in [1.29, 1.82) is 0 Å². The molecular formula is C22H27N3O5S2. The van der Waals surface area contributed by atoms with Crippen molar-refractivity contribution in [2.24, 2.45) is 5.92 Å². The maximum atomic E-state index is 12.9. The molecule has 2 aliphatic rings. The lowest BCUT2D eigenvalue weighted by Gasteiger charge is -2.31. The van der Waals surface area contributed by atoms with Gasteiger partial charge in [-0.25, -0.2) is 16.8 Å². The Morgan fingerprint density at radius 1 is 0.750 bits per heavy atom. The molecule has 2 heterocycles. The summed E-state index contributed by atoms with van der Waals surface area (Å²) in [6, 6.07) is 14.3. The molecule has 10 heteroatoms. The van der Waals surface area contributed by atoms with E-state index < -0.39 is 26.0 Å². The van der Waals surface area contributed by atoms with Crippen molar-refractivity contribution in [2.45, 2.75) is 35.5 Å². The molecule has 4 rings (SSSR count). The van der Waals surface area contributed by atoms with Gasteiger partial charge in [-0.2, -0.15) is 8.61 Å². The van der Waals surface area contributed by atoms with Crippen LogP contribution in [0, 0.1) is 5.92 Å². The molecule has 0 radical (unpaired) electrons. The van der Waals surface area contributed by atoms with Gasteiger partial charge < -0.3 is 5.32 Å². The summed E-state index contributed by atoms with van der Waals surface area (Å²) in [5, 5.41) is 2.80. The number of piperidine rings is 1. The number of carbonyl (C=O) groups excluding carboxylic acids is 1. The number of sulfonamides is 2. The summed E-state index contributed by atoms with van der Waals surface area (Å²) < 4.78 is 53.9. The number of nitrogens with zero attached hydrogens (tertiary/aromatic N) is 2. The SMILES string of the molecule is O=C(Nc1ccc(S(=O)(=O)N2CCCC2)cc1)[C@H]1CCCN(S(=O)(=O)c2ccccc2)C1. The van der Waals surface area contributed by atoms with Crippen LogP contribution in [0.5, 0.6) is 0 Å². The van der Waals surface area contributed by atoms with E-state index in [0.29, 0.717) is 38.2 Å². The van der Waals surface area contributed by atoms with Crippen LogP contribution in [0.15, 0.2) is 64.4 Å². The minimum absolute atomic E-state index is 0.116. The molecule has 8 nitrogen and oxygen atoms in total. The fourth-order valence-electron chi connectivity index (χ4n) is 4.15. The first-order valence-electron chi connectivity index (χ1n) is 10.7. The Bertz CT molecular complexity index is 1160. The second kappa shape index (κ2) is 9.30. The summed E-state index contributed by atoms with van der Waals surface area (Å²) in [7, 11) is -7.16. The summed E-state index contributed by atoms with van der Waals surface area (Å²) in [6.07, 6.45) is 2.92. The second-order valence-electron chi connectivity index (χ2n) is 8.14. The number of carbonyl (C=O) groups is 1. The van der Waals surface area contributed by atoms with Gasteiger partial charge in [0.1, 0.15) is 0 Å². The lowest BCUT2D eigenvalue weighted by Crippen LogP contribution is -2.43. The number of hydrogen-bond donors (Lipinski definition) is 1. The molecule has 2 fully saturated rings. The number of benzene rings is 2. The summed E-state index contributed by atoms with van der Waals surface area (Å²) in [5.74, 6) is -0.747. The molecule has 0 aliphatic carbocycles. The lowest BCUT2D eigenvalue weighted by molar-refractivity contribution is -0.120. The standard InChI is InChI=1S/C22H27N3O5S2/c26-22(18-7-6-16-25(17-18)32(29,30)20-8-2-1-3-9-20)23-19-10-12-21(13-11-19)31(27,28)24-14-4-5-15-24/h1-3,8-13,18H,4-7,14-17H2,(H,23,26)/t18-/m0/s1. The Morgan fingerprint density at radius 3 is 1.97 bits per heavy atom. The third-order valence-electron chi connectivity index (χ3n) is 5.96. The first-order chi connectivity index (χ1) is 15.3. The van der Waals surface area contributed by atoms with E-state index in [1.807, 2.05) is 0 Å². The molecule has 1 N–H and O–H groups in total. The average Bonchev–Trinajstić information content (AvgIpc) is 3.36. The zero-order valence-electron chi connectivity index (χ0n) is 17.7. The normalized spacial score (nSPS) is 20.8. The van der Waals surface area contributed by atoms with Crippen LogP contribution >= 0.6 is 0 Å². The molecule has 2 aromatic rings. The van der Waals surface area contributed by atoms with E-state index in [9.17, 15) is 21.6 Å². The highest BCUT2D eigenvalue weighted by Crippen LogP contribution is 2.26. The number of amides is 1. The molecule has 2 aliphatic heterocycles. The van der Waals surface area contributed by atoms with Gasteiger partial charge in [0.25, 0.3) is 0 Å². The maximum absolute atomic E-state index is 12.9. The predicted octanol–water partition coefficient (Wildman–Crippen LogP) is 2.51. The van der Waals surface area contributed by atoms with Crippen molar-refractivity contribution in [3.05, 3.63) is 54.6 Å². The largest absolute Gasteiger partial charge is 0.326 e. The minimum Gasteiger partial charge on any atom is -0.326 e. The third-order valence-corrected chi connectivity index (χ3v) is 9.75. The first kappa shape index (κ1) is 22.9. The van der Waals surface area contributed by atoms with Gasteiger partial charge in [0, 0.05) is 31.9 Å². The van der Waals surface area contributed by atoms with E-state index >= 15 is 0 Å². The van der Waals surface area contributed by atoms with E-state index in [0.717, 1.165) is 12.8 Å². The molecule has 32 heavy (non-hydrogen) atoms. The summed E-state index contributed by atoms with van der Waals surface area (Å²) in [4.78, 5) is 13.2. The molecule has 1 amide bonds. The van der Waals surface area contributed by atoms with Gasteiger partial charge in [0.15, 0.2) is 0 Å². The van der Waals surface area contributed by atoms with Gasteiger partial charge in [-0.3, -0.25) is 4.79 Å². The molecule has 0 spiro atoms. The predicted molar refractivity (Wildman–Crippen MR) is 121 cm³/mol. The van der Waals surface area contributed by atoms with Crippen LogP contribution in [-0.2, 0) is 24.8 Å². The van der Waals surface area contributed by atoms with Gasteiger partial charge in [0.05, 0.1) is 15.7 Å². The highest BCUT2D eigenvalue weighted by atomic mass is 32.2. The Kier molecular flexibility index (Phi) is 6.66. The molecule has 0 unspecified atom stereocenters. The first-order valence-corrected chi connectivity index (χ1v) is 13.6. The number of anilines is 1. The second-order valence-corrected chi connectivity index (χ2v) is 12.0. The number of hydrogen-bond acceptors (Lipinski definition) is 5. The summed E-state index contributed by atoms with van der Waals surface area (Å²) in [5.41, 5.74) is 0.485. The molecule has 172 valence electrons. The third kappa shape index (κ3) is 4.73. The monoisotopic (exact) mass is 477 g/mol. The molecule has 1 atom stereocenters. The Balaban J connectivity index is 1.41. The van der Waals surface area contributed by atoms with Crippen LogP contribution in [0.4, 0.5) is 5.69 Å². The Morgan fingerprint density at radius 2 is 1.31 bits per heavy atom. The fraction of sp³-hybridized carbons (Fsp3) is 0.409. The van der Waals surface area contributed by atoms with E-state index in [-0.39, 0.29) is 22.2 Å². The van der Waals surface area contributed by atoms with Crippen molar-refractivity contribution in [1.82, 2.24) is 8.61 Å². The van der Waals surface area contributed by atoms with Crippen LogP contribution in [0.3, 0.4) is 0 Å². The van der Waals surface area contributed by atoms with Crippen molar-refractivity contribution in [3.8, 4) is 0 Å². The van der Waals surface area contributed by atoms with E-state index in [1.165, 1.54) is 20.7 Å². The summed E-state index contributed by atoms with van der Waals surface area (Å²) in [6.45, 7) is 1.56. The zero-order chi connectivity index (χ0) is 22.8. The fourth-order valence-corrected chi connectivity index (χ4v) is 7.21. The highest BCUT2D eigenvalue weighted by Gasteiger charge is 2.33. The number of rotatable bonds is 6. The average molecular weight is 478 g/mol. The van der Waals surface area contributed by atoms with Crippen molar-refractivity contribution in [3.63, 3.8) is 0 Å². The van der Waals surface area contributed by atoms with Crippen LogP contribution in [0.2, 0.25) is 0 Å². The number of nitrogens with one attached hydrogen (secondary N) is 1. The van der Waals surface area contributed by atoms with Crippen LogP contribution in [0.1, 0.15) is 25.7 Å². The minimum atomic E-state index is -3.65. The van der Waals surface area contributed by atoms with Crippen molar-refractivity contribution in [2.75, 3.05) is 31.5 Å². The topological polar surface area (TPSA) is 104 Å². The van der Waals surface area contributed by atoms with Crippen molar-refractivity contribution < 1.29 is 21.6 Å². The van der Waals surface area contributed by atoms with Crippen LogP contribution in [-0.4, -0.2) is 57.5 Å². The van der Waals surface area contributed by atoms with Gasteiger partial charge in [-0.05, 0) is 62.1 Å². The Labute approximate surface area is 189 Å². The lowest BCUT2D eigenvalue weighted by atomic mass is 9.99. The van der Waals surface area contributed by atoms with E-state index in [4.69, 9.17) is 0 Å². The van der Waals surface area contributed by atoms with E-state index in [1.54, 1.807) is 42.5 Å². The van der Waals surface area contributed by atoms with Gasteiger partial charge in [0.2, 0.25) is 26.0 Å². The van der Waals surface area contributed by atoms with Gasteiger partial charge >= 0.3 is 0 Å². The van der Waals surface area contributed by atoms with Crippen LogP contribution < -0.4 is 5.32 Å². The van der Waals surface area contributed by atoms with Crippen LogP contribution in [0.25, 0.3) is 0 Å². The molecule has 0 saturated carbocycles. The van der Waals surface area contributed by atoms with Gasteiger partial charge in [-0.1, -0.05) is 18.2 Å². The van der Waals surface area contributed by atoms with Crippen molar-refractivity contribution >= 4 is 31.6 Å². The molecule has 0 bridgehead atoms. The molecule has 2 aromatic carbocycles. The Hall–Kier alpha value is -2.27. The molecule has 0 aromatic heterocycles. The smallest absolute Gasteiger partial charge is 0.243 e. The maximum Gasteiger partial charge on any atom is 0.243 e.